The molecule has 0 unspecified atom stereocenters. The van der Waals surface area contributed by atoms with E-state index < -0.39 is 19.0 Å². The first-order chi connectivity index (χ1) is 5.18. The van der Waals surface area contributed by atoms with Crippen LogP contribution in [0, 0.1) is 0 Å². The Bertz CT molecular complexity index is 148. The number of amides is 2. The van der Waals surface area contributed by atoms with Crippen molar-refractivity contribution in [2.75, 3.05) is 6.54 Å². The van der Waals surface area contributed by atoms with Crippen molar-refractivity contribution in [1.29, 1.82) is 0 Å². The molecule has 0 aromatic carbocycles. The van der Waals surface area contributed by atoms with Crippen molar-refractivity contribution < 1.29 is 13.6 Å². The van der Waals surface area contributed by atoms with Crippen LogP contribution in [0.2, 0.25) is 0 Å². The second-order valence-corrected chi connectivity index (χ2v) is 2.52. The summed E-state index contributed by atoms with van der Waals surface area (Å²) < 4.78 is 23.0. The van der Waals surface area contributed by atoms with Crippen LogP contribution in [0.25, 0.3) is 0 Å². The van der Waals surface area contributed by atoms with E-state index in [9.17, 15) is 13.6 Å². The summed E-state index contributed by atoms with van der Waals surface area (Å²) in [5.41, 5.74) is 0. The summed E-state index contributed by atoms with van der Waals surface area (Å²) in [4.78, 5) is 10.6. The lowest BCUT2D eigenvalue weighted by Gasteiger charge is -2.04. The van der Waals surface area contributed by atoms with Gasteiger partial charge in [0.2, 0.25) is 0 Å². The molecular weight excluding hydrogens is 154 g/mol. The summed E-state index contributed by atoms with van der Waals surface area (Å²) >= 11 is 0. The molecule has 0 atom stereocenters. The van der Waals surface area contributed by atoms with Crippen LogP contribution in [0.5, 0.6) is 0 Å². The average molecular weight is 164 g/mol. The second kappa shape index (κ2) is 3.50. The van der Waals surface area contributed by atoms with E-state index in [1.165, 1.54) is 0 Å². The lowest BCUT2D eigenvalue weighted by Crippen LogP contribution is -2.39. The van der Waals surface area contributed by atoms with Crippen LogP contribution >= 0.6 is 0 Å². The quantitative estimate of drug-likeness (QED) is 0.633. The fraction of sp³-hybridized carbons (Fsp3) is 0.833. The Kier molecular flexibility index (Phi) is 2.62. The van der Waals surface area contributed by atoms with Crippen LogP contribution < -0.4 is 10.6 Å². The van der Waals surface area contributed by atoms with Crippen LogP contribution in [-0.2, 0) is 0 Å². The van der Waals surface area contributed by atoms with Gasteiger partial charge in [0.25, 0.3) is 6.43 Å². The molecule has 5 heteroatoms. The lowest BCUT2D eigenvalue weighted by molar-refractivity contribution is 0.146. The van der Waals surface area contributed by atoms with Crippen molar-refractivity contribution in [1.82, 2.24) is 10.6 Å². The smallest absolute Gasteiger partial charge is 0.315 e. The van der Waals surface area contributed by atoms with Gasteiger partial charge in [-0.15, -0.1) is 0 Å². The summed E-state index contributed by atoms with van der Waals surface area (Å²) in [7, 11) is 0. The van der Waals surface area contributed by atoms with Gasteiger partial charge in [0, 0.05) is 6.04 Å². The summed E-state index contributed by atoms with van der Waals surface area (Å²) in [6.07, 6.45) is -0.551. The number of carbonyl (C=O) groups is 1. The van der Waals surface area contributed by atoms with Gasteiger partial charge in [0.15, 0.2) is 0 Å². The first-order valence-electron chi connectivity index (χ1n) is 3.51. The number of alkyl halides is 2. The van der Waals surface area contributed by atoms with Crippen LogP contribution in [0.15, 0.2) is 0 Å². The highest BCUT2D eigenvalue weighted by molar-refractivity contribution is 5.74. The fourth-order valence-electron chi connectivity index (χ4n) is 0.634. The molecule has 1 aliphatic carbocycles. The number of carbonyl (C=O) groups excluding carboxylic acids is 1. The molecule has 0 spiro atoms. The van der Waals surface area contributed by atoms with Gasteiger partial charge < -0.3 is 10.6 Å². The molecule has 2 amide bonds. The average Bonchev–Trinajstić information content (AvgIpc) is 2.67. The maximum atomic E-state index is 11.5. The van der Waals surface area contributed by atoms with Crippen LogP contribution in [-0.4, -0.2) is 25.0 Å². The number of hydrogen-bond acceptors (Lipinski definition) is 1. The molecule has 1 saturated carbocycles. The third-order valence-corrected chi connectivity index (χ3v) is 1.33. The number of halogens is 2. The predicted octanol–water partition coefficient (Wildman–Crippen LogP) is 0.713. The third kappa shape index (κ3) is 3.75. The Morgan fingerprint density at radius 1 is 1.55 bits per heavy atom. The maximum absolute atomic E-state index is 11.5. The van der Waals surface area contributed by atoms with Crippen LogP contribution in [0.3, 0.4) is 0 Å². The van der Waals surface area contributed by atoms with Crippen molar-refractivity contribution in [3.05, 3.63) is 0 Å². The Labute approximate surface area is 63.2 Å². The summed E-state index contributed by atoms with van der Waals surface area (Å²) in [6, 6.07) is -0.277. The molecular formula is C6H10F2N2O. The first-order valence-corrected chi connectivity index (χ1v) is 3.51. The van der Waals surface area contributed by atoms with Crippen molar-refractivity contribution in [2.45, 2.75) is 25.3 Å². The number of hydrogen-bond donors (Lipinski definition) is 2. The largest absolute Gasteiger partial charge is 0.335 e. The topological polar surface area (TPSA) is 41.1 Å². The Morgan fingerprint density at radius 2 is 2.18 bits per heavy atom. The van der Waals surface area contributed by atoms with Gasteiger partial charge in [-0.25, -0.2) is 13.6 Å². The van der Waals surface area contributed by atoms with E-state index in [1.807, 2.05) is 0 Å². The number of rotatable bonds is 3. The monoisotopic (exact) mass is 164 g/mol. The van der Waals surface area contributed by atoms with Gasteiger partial charge in [-0.1, -0.05) is 0 Å². The Hall–Kier alpha value is -0.870. The zero-order valence-corrected chi connectivity index (χ0v) is 5.94. The maximum Gasteiger partial charge on any atom is 0.315 e. The van der Waals surface area contributed by atoms with Crippen LogP contribution in [0.4, 0.5) is 13.6 Å². The van der Waals surface area contributed by atoms with Gasteiger partial charge in [-0.3, -0.25) is 0 Å². The van der Waals surface area contributed by atoms with E-state index in [2.05, 4.69) is 10.6 Å². The number of nitrogens with one attached hydrogen (secondary N) is 2. The molecule has 3 nitrogen and oxygen atoms in total. The molecule has 0 aromatic rings. The van der Waals surface area contributed by atoms with E-state index in [1.54, 1.807) is 0 Å². The van der Waals surface area contributed by atoms with Gasteiger partial charge in [-0.2, -0.15) is 0 Å². The van der Waals surface area contributed by atoms with Crippen molar-refractivity contribution >= 4 is 6.03 Å². The minimum atomic E-state index is -2.47. The summed E-state index contributed by atoms with van der Waals surface area (Å²) in [6.45, 7) is -0.571. The standard InChI is InChI=1S/C6H10F2N2O/c7-5(8)3-9-6(11)10-4-1-2-4/h4-5H,1-3H2,(H2,9,10,11). The molecule has 0 radical (unpaired) electrons. The molecule has 0 bridgehead atoms. The van der Waals surface area contributed by atoms with Crippen molar-refractivity contribution in [2.24, 2.45) is 0 Å². The molecule has 1 rings (SSSR count). The van der Waals surface area contributed by atoms with Crippen molar-refractivity contribution in [3.8, 4) is 0 Å². The minimum Gasteiger partial charge on any atom is -0.335 e. The highest BCUT2D eigenvalue weighted by atomic mass is 19.3. The second-order valence-electron chi connectivity index (χ2n) is 2.52. The SMILES string of the molecule is O=C(NCC(F)F)NC1CC1. The Balaban J connectivity index is 2.00. The molecule has 0 heterocycles. The first kappa shape index (κ1) is 8.23. The van der Waals surface area contributed by atoms with E-state index in [0.717, 1.165) is 12.8 Å². The van der Waals surface area contributed by atoms with Gasteiger partial charge in [-0.05, 0) is 12.8 Å². The molecule has 2 N–H and O–H groups in total. The normalized spacial score (nSPS) is 16.6. The van der Waals surface area contributed by atoms with Crippen molar-refractivity contribution in [3.63, 3.8) is 0 Å². The molecule has 0 saturated heterocycles. The Morgan fingerprint density at radius 3 is 2.64 bits per heavy atom. The van der Waals surface area contributed by atoms with Gasteiger partial charge in [0.1, 0.15) is 0 Å². The highest BCUT2D eigenvalue weighted by Crippen LogP contribution is 2.18. The third-order valence-electron chi connectivity index (χ3n) is 1.33. The van der Waals surface area contributed by atoms with E-state index >= 15 is 0 Å². The molecule has 0 aliphatic heterocycles. The lowest BCUT2D eigenvalue weighted by atomic mass is 10.6. The highest BCUT2D eigenvalue weighted by Gasteiger charge is 2.23. The fourth-order valence-corrected chi connectivity index (χ4v) is 0.634. The molecule has 64 valence electrons. The minimum absolute atomic E-state index is 0.215. The van der Waals surface area contributed by atoms with Crippen LogP contribution in [0.1, 0.15) is 12.8 Å². The molecule has 1 fully saturated rings. The molecule has 11 heavy (non-hydrogen) atoms. The summed E-state index contributed by atoms with van der Waals surface area (Å²) in [5.74, 6) is 0. The van der Waals surface area contributed by atoms with Gasteiger partial charge >= 0.3 is 6.03 Å². The summed E-state index contributed by atoms with van der Waals surface area (Å²) in [5, 5.41) is 4.58. The van der Waals surface area contributed by atoms with Gasteiger partial charge in [0.05, 0.1) is 6.54 Å². The molecule has 0 aromatic heterocycles. The zero-order valence-electron chi connectivity index (χ0n) is 5.94. The zero-order chi connectivity index (χ0) is 8.27. The molecule has 1 aliphatic rings. The van der Waals surface area contributed by atoms with E-state index in [-0.39, 0.29) is 6.04 Å². The van der Waals surface area contributed by atoms with E-state index in [0.29, 0.717) is 0 Å². The number of urea groups is 1. The predicted molar refractivity (Wildman–Crippen MR) is 35.6 cm³/mol. The van der Waals surface area contributed by atoms with E-state index in [4.69, 9.17) is 0 Å².